The molecule has 1 aromatic heterocycles. The van der Waals surface area contributed by atoms with Crippen LogP contribution in [0.3, 0.4) is 0 Å². The van der Waals surface area contributed by atoms with Gasteiger partial charge in [0.25, 0.3) is 11.8 Å². The molecule has 2 heterocycles. The van der Waals surface area contributed by atoms with Gasteiger partial charge in [-0.3, -0.25) is 14.5 Å². The standard InChI is InChI=1S/C15H15N3O3/c1-18-14(20)12(13(15(18)21)16-6-7-19)10-8-17-11-5-3-2-4-9(10)11/h2-5,8,16-17,19H,6-7H2,1H3. The Balaban J connectivity index is 2.18. The van der Waals surface area contributed by atoms with Crippen LogP contribution in [0.1, 0.15) is 5.56 Å². The SMILES string of the molecule is CN1C(=O)C(NCCO)=C(c2c[nH]c3ccccc23)C1=O. The molecule has 0 aliphatic carbocycles. The van der Waals surface area contributed by atoms with Crippen LogP contribution < -0.4 is 5.32 Å². The number of aromatic amines is 1. The number of aliphatic hydroxyl groups excluding tert-OH is 1. The fourth-order valence-electron chi connectivity index (χ4n) is 2.51. The molecule has 21 heavy (non-hydrogen) atoms. The number of nitrogens with one attached hydrogen (secondary N) is 2. The summed E-state index contributed by atoms with van der Waals surface area (Å²) < 4.78 is 0. The van der Waals surface area contributed by atoms with Crippen molar-refractivity contribution in [3.8, 4) is 0 Å². The molecule has 0 fully saturated rings. The summed E-state index contributed by atoms with van der Waals surface area (Å²) in [6.45, 7) is 0.101. The number of carbonyl (C=O) groups is 2. The number of H-pyrrole nitrogens is 1. The predicted octanol–water partition coefficient (Wildman–Crippen LogP) is 0.459. The van der Waals surface area contributed by atoms with Crippen molar-refractivity contribution in [3.63, 3.8) is 0 Å². The minimum atomic E-state index is -0.381. The monoisotopic (exact) mass is 285 g/mol. The van der Waals surface area contributed by atoms with Crippen LogP contribution in [-0.4, -0.2) is 47.0 Å². The summed E-state index contributed by atoms with van der Waals surface area (Å²) in [6, 6.07) is 7.58. The lowest BCUT2D eigenvalue weighted by Gasteiger charge is -2.06. The highest BCUT2D eigenvalue weighted by Gasteiger charge is 2.37. The first-order valence-electron chi connectivity index (χ1n) is 6.63. The molecule has 0 saturated heterocycles. The van der Waals surface area contributed by atoms with Crippen LogP contribution in [0, 0.1) is 0 Å². The average Bonchev–Trinajstić information content (AvgIpc) is 3.00. The van der Waals surface area contributed by atoms with Crippen molar-refractivity contribution >= 4 is 28.3 Å². The Labute approximate surface area is 121 Å². The second kappa shape index (κ2) is 5.06. The maximum absolute atomic E-state index is 12.4. The number of amides is 2. The van der Waals surface area contributed by atoms with Gasteiger partial charge in [0.1, 0.15) is 5.70 Å². The summed E-state index contributed by atoms with van der Waals surface area (Å²) in [5, 5.41) is 12.7. The number of imide groups is 1. The summed E-state index contributed by atoms with van der Waals surface area (Å²) in [6.07, 6.45) is 1.73. The zero-order chi connectivity index (χ0) is 15.0. The molecule has 3 rings (SSSR count). The van der Waals surface area contributed by atoms with E-state index in [9.17, 15) is 9.59 Å². The van der Waals surface area contributed by atoms with Gasteiger partial charge < -0.3 is 15.4 Å². The van der Waals surface area contributed by atoms with Crippen molar-refractivity contribution in [1.29, 1.82) is 0 Å². The van der Waals surface area contributed by atoms with Crippen LogP contribution >= 0.6 is 0 Å². The zero-order valence-electron chi connectivity index (χ0n) is 11.5. The molecule has 6 nitrogen and oxygen atoms in total. The topological polar surface area (TPSA) is 85.4 Å². The van der Waals surface area contributed by atoms with E-state index in [0.717, 1.165) is 15.8 Å². The molecular formula is C15H15N3O3. The van der Waals surface area contributed by atoms with E-state index in [2.05, 4.69) is 10.3 Å². The fraction of sp³-hybridized carbons (Fsp3) is 0.200. The number of likely N-dealkylation sites (N-methyl/N-ethyl adjacent to an activating group) is 1. The van der Waals surface area contributed by atoms with Crippen molar-refractivity contribution in [3.05, 3.63) is 41.7 Å². The highest BCUT2D eigenvalue weighted by Crippen LogP contribution is 2.32. The number of aromatic nitrogens is 1. The molecule has 108 valence electrons. The van der Waals surface area contributed by atoms with E-state index in [-0.39, 0.29) is 30.7 Å². The van der Waals surface area contributed by atoms with Crippen molar-refractivity contribution in [2.75, 3.05) is 20.2 Å². The van der Waals surface area contributed by atoms with Crippen molar-refractivity contribution in [2.45, 2.75) is 0 Å². The third-order valence-electron chi connectivity index (χ3n) is 3.56. The van der Waals surface area contributed by atoms with E-state index in [1.807, 2.05) is 24.3 Å². The number of carbonyl (C=O) groups excluding carboxylic acids is 2. The van der Waals surface area contributed by atoms with Gasteiger partial charge in [-0.05, 0) is 6.07 Å². The molecule has 0 radical (unpaired) electrons. The van der Waals surface area contributed by atoms with Crippen LogP contribution in [0.2, 0.25) is 0 Å². The second-order valence-electron chi connectivity index (χ2n) is 4.82. The van der Waals surface area contributed by atoms with E-state index in [1.54, 1.807) is 6.20 Å². The number of nitrogens with zero attached hydrogens (tertiary/aromatic N) is 1. The quantitative estimate of drug-likeness (QED) is 0.712. The lowest BCUT2D eigenvalue weighted by atomic mass is 10.0. The first kappa shape index (κ1) is 13.4. The van der Waals surface area contributed by atoms with Gasteiger partial charge in [-0.25, -0.2) is 0 Å². The highest BCUT2D eigenvalue weighted by molar-refractivity contribution is 6.36. The van der Waals surface area contributed by atoms with E-state index < -0.39 is 0 Å². The second-order valence-corrected chi connectivity index (χ2v) is 4.82. The molecule has 1 aromatic carbocycles. The molecule has 0 unspecified atom stereocenters. The maximum Gasteiger partial charge on any atom is 0.277 e. The fourth-order valence-corrected chi connectivity index (χ4v) is 2.51. The summed E-state index contributed by atoms with van der Waals surface area (Å²) in [4.78, 5) is 28.7. The summed E-state index contributed by atoms with van der Waals surface area (Å²) in [5.41, 5.74) is 2.17. The van der Waals surface area contributed by atoms with Crippen molar-refractivity contribution < 1.29 is 14.7 Å². The van der Waals surface area contributed by atoms with Crippen molar-refractivity contribution in [2.24, 2.45) is 0 Å². The van der Waals surface area contributed by atoms with Gasteiger partial charge in [0.05, 0.1) is 12.2 Å². The normalized spacial score (nSPS) is 15.4. The van der Waals surface area contributed by atoms with Crippen molar-refractivity contribution in [1.82, 2.24) is 15.2 Å². The Morgan fingerprint density at radius 1 is 1.24 bits per heavy atom. The smallest absolute Gasteiger partial charge is 0.277 e. The predicted molar refractivity (Wildman–Crippen MR) is 78.1 cm³/mol. The Kier molecular flexibility index (Phi) is 3.23. The lowest BCUT2D eigenvalue weighted by molar-refractivity contribution is -0.135. The molecule has 0 spiro atoms. The third-order valence-corrected chi connectivity index (χ3v) is 3.56. The Morgan fingerprint density at radius 2 is 2.00 bits per heavy atom. The van der Waals surface area contributed by atoms with Gasteiger partial charge in [-0.15, -0.1) is 0 Å². The van der Waals surface area contributed by atoms with Gasteiger partial charge in [0.2, 0.25) is 0 Å². The van der Waals surface area contributed by atoms with E-state index in [1.165, 1.54) is 7.05 Å². The van der Waals surface area contributed by atoms with Gasteiger partial charge in [0.15, 0.2) is 0 Å². The summed E-state index contributed by atoms with van der Waals surface area (Å²) in [7, 11) is 1.45. The van der Waals surface area contributed by atoms with Gasteiger partial charge in [0, 0.05) is 36.3 Å². The number of rotatable bonds is 4. The van der Waals surface area contributed by atoms with Gasteiger partial charge >= 0.3 is 0 Å². The highest BCUT2D eigenvalue weighted by atomic mass is 16.3. The molecule has 1 aliphatic heterocycles. The minimum absolute atomic E-state index is 0.115. The van der Waals surface area contributed by atoms with Crippen LogP contribution in [0.15, 0.2) is 36.2 Å². The Bertz CT molecular complexity index is 760. The molecular weight excluding hydrogens is 270 g/mol. The maximum atomic E-state index is 12.4. The zero-order valence-corrected chi connectivity index (χ0v) is 11.5. The Hall–Kier alpha value is -2.60. The van der Waals surface area contributed by atoms with E-state index in [4.69, 9.17) is 5.11 Å². The van der Waals surface area contributed by atoms with Crippen LogP contribution in [0.5, 0.6) is 0 Å². The molecule has 2 amide bonds. The third kappa shape index (κ3) is 2.00. The molecule has 2 aromatic rings. The van der Waals surface area contributed by atoms with Crippen LogP contribution in [-0.2, 0) is 9.59 Å². The molecule has 6 heteroatoms. The molecule has 0 atom stereocenters. The van der Waals surface area contributed by atoms with Gasteiger partial charge in [-0.2, -0.15) is 0 Å². The van der Waals surface area contributed by atoms with Gasteiger partial charge in [-0.1, -0.05) is 18.2 Å². The number of benzene rings is 1. The first-order chi connectivity index (χ1) is 10.1. The lowest BCUT2D eigenvalue weighted by Crippen LogP contribution is -2.30. The van der Waals surface area contributed by atoms with Crippen LogP contribution in [0.4, 0.5) is 0 Å². The molecule has 0 saturated carbocycles. The number of para-hydroxylation sites is 1. The first-order valence-corrected chi connectivity index (χ1v) is 6.63. The number of fused-ring (bicyclic) bond motifs is 1. The number of aliphatic hydroxyl groups is 1. The number of hydrogen-bond acceptors (Lipinski definition) is 4. The minimum Gasteiger partial charge on any atom is -0.395 e. The Morgan fingerprint density at radius 3 is 2.76 bits per heavy atom. The van der Waals surface area contributed by atoms with E-state index in [0.29, 0.717) is 11.1 Å². The largest absolute Gasteiger partial charge is 0.395 e. The van der Waals surface area contributed by atoms with E-state index >= 15 is 0 Å². The molecule has 3 N–H and O–H groups in total. The average molecular weight is 285 g/mol. The molecule has 1 aliphatic rings. The summed E-state index contributed by atoms with van der Waals surface area (Å²) in [5.74, 6) is -0.723. The summed E-state index contributed by atoms with van der Waals surface area (Å²) >= 11 is 0. The van der Waals surface area contributed by atoms with Crippen LogP contribution in [0.25, 0.3) is 16.5 Å². The molecule has 0 bridgehead atoms. The number of hydrogen-bond donors (Lipinski definition) is 3.